The van der Waals surface area contributed by atoms with Crippen LogP contribution < -0.4 is 0 Å². The van der Waals surface area contributed by atoms with Crippen molar-refractivity contribution in [3.05, 3.63) is 0 Å². The maximum absolute atomic E-state index is 13.0. The number of hydrogen-bond acceptors (Lipinski definition) is 3. The molecule has 0 heterocycles. The summed E-state index contributed by atoms with van der Waals surface area (Å²) >= 11 is 0. The molecule has 0 spiro atoms. The third kappa shape index (κ3) is 5.96. The Morgan fingerprint density at radius 2 is 1.63 bits per heavy atom. The fourth-order valence-corrected chi connectivity index (χ4v) is 5.14. The number of rotatable bonds is 7. The first kappa shape index (κ1) is 22.2. The van der Waals surface area contributed by atoms with Gasteiger partial charge in [0.1, 0.15) is 6.10 Å². The van der Waals surface area contributed by atoms with Crippen LogP contribution in [0.5, 0.6) is 0 Å². The predicted molar refractivity (Wildman–Crippen MR) is 107 cm³/mol. The largest absolute Gasteiger partial charge is 0.481 e. The molecule has 2 saturated carbocycles. The normalized spacial score (nSPS) is 34.1. The van der Waals surface area contributed by atoms with E-state index in [1.165, 1.54) is 12.8 Å². The molecule has 1 N–H and O–H groups in total. The summed E-state index contributed by atoms with van der Waals surface area (Å²) in [6.45, 7) is 11.3. The Hall–Kier alpha value is -1.06. The van der Waals surface area contributed by atoms with E-state index in [2.05, 4.69) is 34.6 Å². The lowest BCUT2D eigenvalue weighted by molar-refractivity contribution is -0.168. The molecule has 27 heavy (non-hydrogen) atoms. The van der Waals surface area contributed by atoms with E-state index in [0.29, 0.717) is 36.5 Å². The molecule has 4 heteroatoms. The number of hydrogen-bond donors (Lipinski definition) is 1. The van der Waals surface area contributed by atoms with Crippen LogP contribution in [0, 0.1) is 41.4 Å². The highest BCUT2D eigenvalue weighted by Crippen LogP contribution is 2.40. The minimum atomic E-state index is -0.844. The second-order valence-corrected chi connectivity index (χ2v) is 9.83. The van der Waals surface area contributed by atoms with Gasteiger partial charge < -0.3 is 9.84 Å². The van der Waals surface area contributed by atoms with Gasteiger partial charge in [-0.1, -0.05) is 53.9 Å². The van der Waals surface area contributed by atoms with Crippen LogP contribution in [0.1, 0.15) is 86.0 Å². The molecule has 0 aliphatic heterocycles. The fourth-order valence-electron chi connectivity index (χ4n) is 5.14. The number of aliphatic carboxylic acids is 1. The molecule has 0 aromatic rings. The van der Waals surface area contributed by atoms with Crippen molar-refractivity contribution in [1.29, 1.82) is 0 Å². The molecular formula is C23H40O4. The van der Waals surface area contributed by atoms with Crippen molar-refractivity contribution < 1.29 is 19.4 Å². The van der Waals surface area contributed by atoms with Gasteiger partial charge in [-0.3, -0.25) is 9.59 Å². The highest BCUT2D eigenvalue weighted by molar-refractivity contribution is 5.81. The summed E-state index contributed by atoms with van der Waals surface area (Å²) in [7, 11) is 0. The zero-order valence-electron chi connectivity index (χ0n) is 17.9. The lowest BCUT2D eigenvalue weighted by atomic mass is 9.71. The summed E-state index contributed by atoms with van der Waals surface area (Å²) in [5, 5.41) is 9.52. The zero-order chi connectivity index (χ0) is 20.1. The number of carboxylic acid groups (broad SMARTS) is 1. The molecule has 7 unspecified atom stereocenters. The summed E-state index contributed by atoms with van der Waals surface area (Å²) in [6.07, 6.45) is 7.37. The van der Waals surface area contributed by atoms with E-state index >= 15 is 0 Å². The van der Waals surface area contributed by atoms with Crippen LogP contribution in [0.3, 0.4) is 0 Å². The maximum Gasteiger partial charge on any atom is 0.310 e. The Labute approximate surface area is 165 Å². The Morgan fingerprint density at radius 1 is 1.00 bits per heavy atom. The average Bonchev–Trinajstić information content (AvgIpc) is 2.60. The number of carboxylic acids is 1. The van der Waals surface area contributed by atoms with Crippen molar-refractivity contribution in [2.24, 2.45) is 41.4 Å². The van der Waals surface area contributed by atoms with Crippen molar-refractivity contribution >= 4 is 11.9 Å². The van der Waals surface area contributed by atoms with Gasteiger partial charge in [0.2, 0.25) is 0 Å². The van der Waals surface area contributed by atoms with Crippen molar-refractivity contribution in [3.63, 3.8) is 0 Å². The minimum Gasteiger partial charge on any atom is -0.481 e. The lowest BCUT2D eigenvalue weighted by Crippen LogP contribution is -2.40. The lowest BCUT2D eigenvalue weighted by Gasteiger charge is -2.39. The van der Waals surface area contributed by atoms with Gasteiger partial charge in [-0.15, -0.1) is 0 Å². The molecule has 2 aliphatic carbocycles. The summed E-state index contributed by atoms with van der Waals surface area (Å²) < 4.78 is 6.13. The van der Waals surface area contributed by atoms with Crippen molar-refractivity contribution in [2.45, 2.75) is 92.1 Å². The highest BCUT2D eigenvalue weighted by atomic mass is 16.5. The Morgan fingerprint density at radius 3 is 2.19 bits per heavy atom. The topological polar surface area (TPSA) is 63.6 Å². The van der Waals surface area contributed by atoms with Crippen LogP contribution in [0.15, 0.2) is 0 Å². The van der Waals surface area contributed by atoms with Crippen molar-refractivity contribution in [1.82, 2.24) is 0 Å². The number of carbonyl (C=O) groups is 2. The Bertz CT molecular complexity index is 501. The van der Waals surface area contributed by atoms with Crippen LogP contribution in [-0.4, -0.2) is 23.1 Å². The molecule has 0 radical (unpaired) electrons. The van der Waals surface area contributed by atoms with Crippen LogP contribution in [0.25, 0.3) is 0 Å². The predicted octanol–water partition coefficient (Wildman–Crippen LogP) is 5.54. The third-order valence-electron chi connectivity index (χ3n) is 7.37. The molecule has 0 saturated heterocycles. The van der Waals surface area contributed by atoms with Gasteiger partial charge >= 0.3 is 11.9 Å². The minimum absolute atomic E-state index is 0.0752. The monoisotopic (exact) mass is 380 g/mol. The van der Waals surface area contributed by atoms with Gasteiger partial charge in [0.05, 0.1) is 11.8 Å². The summed E-state index contributed by atoms with van der Waals surface area (Å²) in [4.78, 5) is 24.6. The van der Waals surface area contributed by atoms with Crippen molar-refractivity contribution in [3.8, 4) is 0 Å². The molecule has 156 valence electrons. The molecule has 0 amide bonds. The summed E-state index contributed by atoms with van der Waals surface area (Å²) in [5.41, 5.74) is 0. The van der Waals surface area contributed by atoms with Crippen molar-refractivity contribution in [2.75, 3.05) is 0 Å². The summed E-state index contributed by atoms with van der Waals surface area (Å²) in [5.74, 6) is 0.582. The van der Waals surface area contributed by atoms with Gasteiger partial charge in [-0.05, 0) is 61.7 Å². The number of ether oxygens (including phenoxy) is 1. The maximum atomic E-state index is 13.0. The highest BCUT2D eigenvalue weighted by Gasteiger charge is 2.40. The second-order valence-electron chi connectivity index (χ2n) is 9.83. The Balaban J connectivity index is 2.12. The van der Waals surface area contributed by atoms with Gasteiger partial charge in [-0.2, -0.15) is 0 Å². The number of carbonyl (C=O) groups excluding carboxylic acids is 1. The first-order chi connectivity index (χ1) is 12.7. The molecule has 0 aromatic heterocycles. The first-order valence-corrected chi connectivity index (χ1v) is 11.1. The van der Waals surface area contributed by atoms with Gasteiger partial charge in [0.15, 0.2) is 0 Å². The van der Waals surface area contributed by atoms with Crippen LogP contribution in [0.2, 0.25) is 0 Å². The average molecular weight is 381 g/mol. The van der Waals surface area contributed by atoms with E-state index in [1.54, 1.807) is 0 Å². The quantitative estimate of drug-likeness (QED) is 0.589. The van der Waals surface area contributed by atoms with Gasteiger partial charge in [-0.25, -0.2) is 0 Å². The zero-order valence-corrected chi connectivity index (χ0v) is 17.9. The van der Waals surface area contributed by atoms with E-state index in [4.69, 9.17) is 4.74 Å². The van der Waals surface area contributed by atoms with Gasteiger partial charge in [0.25, 0.3) is 0 Å². The van der Waals surface area contributed by atoms with Crippen LogP contribution in [-0.2, 0) is 14.3 Å². The molecule has 7 atom stereocenters. The second kappa shape index (κ2) is 9.93. The standard InChI is InChI=1S/C23H40O4/c1-14(2)16(4)13-21(18-11-10-15(3)12-17(18)5)27-23(26)20-9-7-6-8-19(20)22(24)25/h14-21H,6-13H2,1-5H3,(H,24,25). The molecule has 2 fully saturated rings. The Kier molecular flexibility index (Phi) is 8.18. The third-order valence-corrected chi connectivity index (χ3v) is 7.37. The molecular weight excluding hydrogens is 340 g/mol. The van der Waals surface area contributed by atoms with E-state index in [-0.39, 0.29) is 12.1 Å². The fraction of sp³-hybridized carbons (Fsp3) is 0.913. The smallest absolute Gasteiger partial charge is 0.310 e. The van der Waals surface area contributed by atoms with E-state index in [1.807, 2.05) is 0 Å². The molecule has 0 aromatic carbocycles. The molecule has 4 nitrogen and oxygen atoms in total. The van der Waals surface area contributed by atoms with Crippen LogP contribution in [0.4, 0.5) is 0 Å². The number of esters is 1. The van der Waals surface area contributed by atoms with Gasteiger partial charge in [0, 0.05) is 0 Å². The van der Waals surface area contributed by atoms with Crippen LogP contribution >= 0.6 is 0 Å². The SMILES string of the molecule is CC1CCC(C(CC(C)C(C)C)OC(=O)C2CCCCC2C(=O)O)C(C)C1. The molecule has 2 rings (SSSR count). The molecule has 0 bridgehead atoms. The van der Waals surface area contributed by atoms with E-state index < -0.39 is 17.8 Å². The van der Waals surface area contributed by atoms with E-state index in [0.717, 1.165) is 31.6 Å². The molecule has 2 aliphatic rings. The van der Waals surface area contributed by atoms with E-state index in [9.17, 15) is 14.7 Å². The first-order valence-electron chi connectivity index (χ1n) is 11.1. The summed E-state index contributed by atoms with van der Waals surface area (Å²) in [6, 6.07) is 0.